The Morgan fingerprint density at radius 2 is 1.86 bits per heavy atom. The fraction of sp³-hybridized carbons (Fsp3) is 0.300. The molecule has 1 aliphatic heterocycles. The minimum atomic E-state index is -0.0166. The molecule has 0 atom stereocenters. The Morgan fingerprint density at radius 3 is 2.59 bits per heavy atom. The number of rotatable bonds is 5. The first-order valence-electron chi connectivity index (χ1n) is 9.47. The quantitative estimate of drug-likeness (QED) is 0.636. The molecule has 0 radical (unpaired) electrons. The van der Waals surface area contributed by atoms with E-state index in [1.165, 1.54) is 0 Å². The van der Waals surface area contributed by atoms with Crippen molar-refractivity contribution in [2.24, 2.45) is 0 Å². The molecule has 1 saturated heterocycles. The molecular weight excluding hydrogens is 434 g/mol. The number of aromatic nitrogens is 4. The number of tetrazole rings is 1. The summed E-state index contributed by atoms with van der Waals surface area (Å²) in [5, 5.41) is 15.1. The van der Waals surface area contributed by atoms with Crippen molar-refractivity contribution < 1.29 is 4.79 Å². The van der Waals surface area contributed by atoms with Crippen LogP contribution >= 0.6 is 15.9 Å². The second kappa shape index (κ2) is 8.71. The van der Waals surface area contributed by atoms with E-state index in [9.17, 15) is 4.79 Å². The van der Waals surface area contributed by atoms with Crippen LogP contribution in [-0.4, -0.2) is 63.7 Å². The highest BCUT2D eigenvalue weighted by molar-refractivity contribution is 9.10. The Labute approximate surface area is 177 Å². The Balaban J connectivity index is 1.33. The number of amides is 1. The van der Waals surface area contributed by atoms with Crippen LogP contribution in [0.3, 0.4) is 0 Å². The minimum absolute atomic E-state index is 0.0166. The van der Waals surface area contributed by atoms with E-state index in [1.54, 1.807) is 4.68 Å². The van der Waals surface area contributed by atoms with E-state index in [0.29, 0.717) is 6.54 Å². The number of anilines is 2. The van der Waals surface area contributed by atoms with E-state index >= 15 is 0 Å². The van der Waals surface area contributed by atoms with Gasteiger partial charge in [-0.3, -0.25) is 9.69 Å². The zero-order valence-electron chi connectivity index (χ0n) is 16.1. The van der Waals surface area contributed by atoms with Crippen LogP contribution in [0.4, 0.5) is 11.6 Å². The zero-order valence-corrected chi connectivity index (χ0v) is 17.7. The molecule has 4 rings (SSSR count). The maximum atomic E-state index is 12.4. The molecule has 0 spiro atoms. The van der Waals surface area contributed by atoms with E-state index < -0.39 is 0 Å². The summed E-state index contributed by atoms with van der Waals surface area (Å²) < 4.78 is 2.64. The standard InChI is InChI=1S/C20H22BrN7O/c1-15-7-8-18(17(21)13-15)22-19(29)14-26-9-11-27(12-10-26)20-23-24-25-28(20)16-5-3-2-4-6-16/h2-8,13H,9-12,14H2,1H3,(H,22,29). The van der Waals surface area contributed by atoms with Gasteiger partial charge in [-0.1, -0.05) is 29.4 Å². The van der Waals surface area contributed by atoms with Gasteiger partial charge in [-0.05, 0) is 63.1 Å². The van der Waals surface area contributed by atoms with Crippen LogP contribution in [0.15, 0.2) is 53.0 Å². The van der Waals surface area contributed by atoms with Crippen LogP contribution in [0, 0.1) is 6.92 Å². The van der Waals surface area contributed by atoms with Gasteiger partial charge in [0, 0.05) is 30.7 Å². The maximum absolute atomic E-state index is 12.4. The van der Waals surface area contributed by atoms with Gasteiger partial charge < -0.3 is 10.2 Å². The largest absolute Gasteiger partial charge is 0.337 e. The van der Waals surface area contributed by atoms with Crippen LogP contribution < -0.4 is 10.2 Å². The average molecular weight is 456 g/mol. The Bertz CT molecular complexity index is 984. The van der Waals surface area contributed by atoms with Gasteiger partial charge in [0.2, 0.25) is 11.9 Å². The summed E-state index contributed by atoms with van der Waals surface area (Å²) in [5.41, 5.74) is 2.86. The Kier molecular flexibility index (Phi) is 5.86. The van der Waals surface area contributed by atoms with Gasteiger partial charge in [0.15, 0.2) is 0 Å². The lowest BCUT2D eigenvalue weighted by Gasteiger charge is -2.34. The predicted octanol–water partition coefficient (Wildman–Crippen LogP) is 2.49. The lowest BCUT2D eigenvalue weighted by molar-refractivity contribution is -0.117. The number of para-hydroxylation sites is 1. The van der Waals surface area contributed by atoms with Crippen molar-refractivity contribution in [1.29, 1.82) is 0 Å². The monoisotopic (exact) mass is 455 g/mol. The van der Waals surface area contributed by atoms with Gasteiger partial charge >= 0.3 is 0 Å². The molecule has 1 fully saturated rings. The highest BCUT2D eigenvalue weighted by atomic mass is 79.9. The summed E-state index contributed by atoms with van der Waals surface area (Å²) in [7, 11) is 0. The number of hydrogen-bond donors (Lipinski definition) is 1. The number of nitrogens with one attached hydrogen (secondary N) is 1. The van der Waals surface area contributed by atoms with E-state index in [2.05, 4.69) is 46.6 Å². The van der Waals surface area contributed by atoms with Crippen molar-refractivity contribution in [3.8, 4) is 5.69 Å². The fourth-order valence-electron chi connectivity index (χ4n) is 3.34. The molecule has 1 N–H and O–H groups in total. The summed E-state index contributed by atoms with van der Waals surface area (Å²) >= 11 is 3.50. The highest BCUT2D eigenvalue weighted by Crippen LogP contribution is 2.23. The molecule has 1 aliphatic rings. The average Bonchev–Trinajstić information content (AvgIpc) is 3.21. The maximum Gasteiger partial charge on any atom is 0.250 e. The van der Waals surface area contributed by atoms with Gasteiger partial charge in [0.1, 0.15) is 0 Å². The van der Waals surface area contributed by atoms with Gasteiger partial charge in [0.05, 0.1) is 17.9 Å². The minimum Gasteiger partial charge on any atom is -0.337 e. The van der Waals surface area contributed by atoms with Gasteiger partial charge in [-0.15, -0.1) is 0 Å². The van der Waals surface area contributed by atoms with Gasteiger partial charge in [-0.25, -0.2) is 0 Å². The summed E-state index contributed by atoms with van der Waals surface area (Å²) in [5.74, 6) is 0.709. The SMILES string of the molecule is Cc1ccc(NC(=O)CN2CCN(c3nnnn3-c3ccccc3)CC2)c(Br)c1. The van der Waals surface area contributed by atoms with E-state index in [-0.39, 0.29) is 5.91 Å². The second-order valence-electron chi connectivity index (χ2n) is 7.02. The lowest BCUT2D eigenvalue weighted by atomic mass is 10.2. The zero-order chi connectivity index (χ0) is 20.2. The molecule has 29 heavy (non-hydrogen) atoms. The first-order valence-corrected chi connectivity index (χ1v) is 10.3. The molecule has 0 unspecified atom stereocenters. The summed E-state index contributed by atoms with van der Waals surface area (Å²) in [6.45, 7) is 5.43. The third kappa shape index (κ3) is 4.63. The number of halogens is 1. The molecule has 8 nitrogen and oxygen atoms in total. The Morgan fingerprint density at radius 1 is 1.10 bits per heavy atom. The van der Waals surface area contributed by atoms with Crippen molar-refractivity contribution in [3.63, 3.8) is 0 Å². The van der Waals surface area contributed by atoms with Crippen LogP contribution in [0.25, 0.3) is 5.69 Å². The second-order valence-corrected chi connectivity index (χ2v) is 7.88. The molecule has 2 heterocycles. The first-order chi connectivity index (χ1) is 14.1. The summed E-state index contributed by atoms with van der Waals surface area (Å²) in [4.78, 5) is 16.7. The Hall–Kier alpha value is -2.78. The van der Waals surface area contributed by atoms with Crippen LogP contribution in [0.2, 0.25) is 0 Å². The smallest absolute Gasteiger partial charge is 0.250 e. The first kappa shape index (κ1) is 19.5. The molecule has 150 valence electrons. The molecule has 1 aromatic heterocycles. The molecule has 9 heteroatoms. The number of carbonyl (C=O) groups excluding carboxylic acids is 1. The predicted molar refractivity (Wildman–Crippen MR) is 115 cm³/mol. The van der Waals surface area contributed by atoms with E-state index in [1.807, 2.05) is 55.5 Å². The fourth-order valence-corrected chi connectivity index (χ4v) is 3.93. The molecule has 2 aromatic carbocycles. The molecule has 0 bridgehead atoms. The van der Waals surface area contributed by atoms with Gasteiger partial charge in [0.25, 0.3) is 0 Å². The number of aryl methyl sites for hydroxylation is 1. The molecule has 1 amide bonds. The number of piperazine rings is 1. The summed E-state index contributed by atoms with van der Waals surface area (Å²) in [6.07, 6.45) is 0. The van der Waals surface area contributed by atoms with Crippen LogP contribution in [-0.2, 0) is 4.79 Å². The van der Waals surface area contributed by atoms with Crippen molar-refractivity contribution in [3.05, 3.63) is 58.6 Å². The normalized spacial score (nSPS) is 14.8. The van der Waals surface area contributed by atoms with Crippen molar-refractivity contribution in [1.82, 2.24) is 25.1 Å². The molecule has 0 saturated carbocycles. The molecule has 0 aliphatic carbocycles. The lowest BCUT2D eigenvalue weighted by Crippen LogP contribution is -2.49. The van der Waals surface area contributed by atoms with Gasteiger partial charge in [-0.2, -0.15) is 4.68 Å². The number of nitrogens with zero attached hydrogens (tertiary/aromatic N) is 6. The summed E-state index contributed by atoms with van der Waals surface area (Å²) in [6, 6.07) is 15.7. The number of hydrogen-bond acceptors (Lipinski definition) is 6. The van der Waals surface area contributed by atoms with Crippen molar-refractivity contribution in [2.45, 2.75) is 6.92 Å². The topological polar surface area (TPSA) is 79.2 Å². The third-order valence-electron chi connectivity index (χ3n) is 4.87. The van der Waals surface area contributed by atoms with Crippen LogP contribution in [0.1, 0.15) is 5.56 Å². The number of carbonyl (C=O) groups is 1. The van der Waals surface area contributed by atoms with Crippen LogP contribution in [0.5, 0.6) is 0 Å². The third-order valence-corrected chi connectivity index (χ3v) is 5.53. The molecular formula is C20H22BrN7O. The number of benzene rings is 2. The van der Waals surface area contributed by atoms with Crippen molar-refractivity contribution in [2.75, 3.05) is 42.9 Å². The van der Waals surface area contributed by atoms with E-state index in [4.69, 9.17) is 0 Å². The van der Waals surface area contributed by atoms with Crippen molar-refractivity contribution >= 4 is 33.5 Å². The highest BCUT2D eigenvalue weighted by Gasteiger charge is 2.23. The van der Waals surface area contributed by atoms with E-state index in [0.717, 1.165) is 53.5 Å². The molecule has 3 aromatic rings.